The highest BCUT2D eigenvalue weighted by Crippen LogP contribution is 2.40. The predicted molar refractivity (Wildman–Crippen MR) is 85.7 cm³/mol. The highest BCUT2D eigenvalue weighted by atomic mass is 35.5. The maximum Gasteiger partial charge on any atom is 0.124 e. The van der Waals surface area contributed by atoms with Crippen LogP contribution >= 0.6 is 22.9 Å². The molecular formula is C15H19ClN2OS. The molecular weight excluding hydrogens is 292 g/mol. The molecule has 1 atom stereocenters. The monoisotopic (exact) mass is 310 g/mol. The number of nitrogens with two attached hydrogens (primary N) is 1. The van der Waals surface area contributed by atoms with Crippen molar-refractivity contribution in [1.82, 2.24) is 5.43 Å². The Morgan fingerprint density at radius 2 is 1.95 bits per heavy atom. The SMILES string of the molecule is COc1cc(C)cc(C)c1C(NN)c1scc(C)c1Cl. The molecule has 1 heterocycles. The fraction of sp³-hybridized carbons (Fsp3) is 0.333. The Morgan fingerprint density at radius 3 is 2.45 bits per heavy atom. The van der Waals surface area contributed by atoms with Crippen LogP contribution in [0.2, 0.25) is 5.02 Å². The van der Waals surface area contributed by atoms with E-state index in [0.717, 1.165) is 37.9 Å². The van der Waals surface area contributed by atoms with Gasteiger partial charge in [0.05, 0.1) is 18.2 Å². The molecule has 0 radical (unpaired) electrons. The van der Waals surface area contributed by atoms with Gasteiger partial charge in [-0.1, -0.05) is 17.7 Å². The number of ether oxygens (including phenoxy) is 1. The number of nitrogens with one attached hydrogen (secondary N) is 1. The van der Waals surface area contributed by atoms with Crippen molar-refractivity contribution in [3.63, 3.8) is 0 Å². The van der Waals surface area contributed by atoms with Gasteiger partial charge in [0.25, 0.3) is 0 Å². The summed E-state index contributed by atoms with van der Waals surface area (Å²) in [7, 11) is 1.67. The van der Waals surface area contributed by atoms with E-state index in [4.69, 9.17) is 22.2 Å². The van der Waals surface area contributed by atoms with Gasteiger partial charge in [-0.15, -0.1) is 11.3 Å². The summed E-state index contributed by atoms with van der Waals surface area (Å²) < 4.78 is 5.52. The van der Waals surface area contributed by atoms with E-state index in [9.17, 15) is 0 Å². The molecule has 0 aliphatic heterocycles. The lowest BCUT2D eigenvalue weighted by Gasteiger charge is -2.21. The summed E-state index contributed by atoms with van der Waals surface area (Å²) in [5.41, 5.74) is 7.26. The molecule has 2 aromatic rings. The molecule has 0 aliphatic carbocycles. The molecule has 5 heteroatoms. The second kappa shape index (κ2) is 6.14. The van der Waals surface area contributed by atoms with Crippen LogP contribution in [-0.2, 0) is 0 Å². The zero-order valence-corrected chi connectivity index (χ0v) is 13.7. The molecule has 0 saturated heterocycles. The van der Waals surface area contributed by atoms with Gasteiger partial charge in [-0.25, -0.2) is 5.43 Å². The number of halogens is 1. The van der Waals surface area contributed by atoms with Crippen LogP contribution in [0, 0.1) is 20.8 Å². The molecule has 1 unspecified atom stereocenters. The van der Waals surface area contributed by atoms with Gasteiger partial charge in [-0.2, -0.15) is 0 Å². The summed E-state index contributed by atoms with van der Waals surface area (Å²) >= 11 is 7.99. The normalized spacial score (nSPS) is 12.5. The van der Waals surface area contributed by atoms with Gasteiger partial charge in [0.1, 0.15) is 5.75 Å². The third-order valence-corrected chi connectivity index (χ3v) is 5.13. The summed E-state index contributed by atoms with van der Waals surface area (Å²) in [6, 6.07) is 3.97. The standard InChI is InChI=1S/C15H19ClN2OS/c1-8-5-9(2)12(11(6-8)19-4)14(18-17)15-13(16)10(3)7-20-15/h5-7,14,18H,17H2,1-4H3. The van der Waals surface area contributed by atoms with Crippen LogP contribution in [0.15, 0.2) is 17.5 Å². The number of aryl methyl sites for hydroxylation is 3. The van der Waals surface area contributed by atoms with E-state index in [2.05, 4.69) is 18.4 Å². The van der Waals surface area contributed by atoms with Gasteiger partial charge in [0.15, 0.2) is 0 Å². The van der Waals surface area contributed by atoms with Crippen molar-refractivity contribution in [1.29, 1.82) is 0 Å². The van der Waals surface area contributed by atoms with Crippen LogP contribution in [0.25, 0.3) is 0 Å². The van der Waals surface area contributed by atoms with Gasteiger partial charge in [0, 0.05) is 10.4 Å². The third-order valence-electron chi connectivity index (χ3n) is 3.36. The minimum Gasteiger partial charge on any atom is -0.496 e. The number of thiophene rings is 1. The molecule has 0 amide bonds. The number of methoxy groups -OCH3 is 1. The molecule has 0 bridgehead atoms. The van der Waals surface area contributed by atoms with Gasteiger partial charge in [-0.05, 0) is 48.9 Å². The van der Waals surface area contributed by atoms with Crippen molar-refractivity contribution in [2.24, 2.45) is 5.84 Å². The van der Waals surface area contributed by atoms with Crippen LogP contribution in [0.1, 0.15) is 33.2 Å². The minimum atomic E-state index is -0.170. The highest BCUT2D eigenvalue weighted by Gasteiger charge is 2.24. The zero-order chi connectivity index (χ0) is 14.9. The van der Waals surface area contributed by atoms with Crippen LogP contribution in [0.5, 0.6) is 5.75 Å². The van der Waals surface area contributed by atoms with Gasteiger partial charge < -0.3 is 4.74 Å². The van der Waals surface area contributed by atoms with Crippen molar-refractivity contribution >= 4 is 22.9 Å². The molecule has 3 N–H and O–H groups in total. The first-order chi connectivity index (χ1) is 9.49. The zero-order valence-electron chi connectivity index (χ0n) is 12.1. The average Bonchev–Trinajstić information content (AvgIpc) is 2.73. The summed E-state index contributed by atoms with van der Waals surface area (Å²) in [6.07, 6.45) is 0. The Balaban J connectivity index is 2.60. The van der Waals surface area contributed by atoms with E-state index < -0.39 is 0 Å². The van der Waals surface area contributed by atoms with Crippen molar-refractivity contribution < 1.29 is 4.74 Å². The first-order valence-corrected chi connectivity index (χ1v) is 7.60. The molecule has 0 aliphatic rings. The topological polar surface area (TPSA) is 47.3 Å². The molecule has 2 rings (SSSR count). The molecule has 20 heavy (non-hydrogen) atoms. The van der Waals surface area contributed by atoms with E-state index >= 15 is 0 Å². The van der Waals surface area contributed by atoms with Gasteiger partial charge in [-0.3, -0.25) is 5.84 Å². The largest absolute Gasteiger partial charge is 0.496 e. The second-order valence-corrected chi connectivity index (χ2v) is 6.18. The smallest absolute Gasteiger partial charge is 0.124 e. The minimum absolute atomic E-state index is 0.170. The maximum atomic E-state index is 6.39. The van der Waals surface area contributed by atoms with Crippen LogP contribution in [0.4, 0.5) is 0 Å². The van der Waals surface area contributed by atoms with Gasteiger partial charge >= 0.3 is 0 Å². The Morgan fingerprint density at radius 1 is 1.25 bits per heavy atom. The molecule has 0 spiro atoms. The maximum absolute atomic E-state index is 6.39. The third kappa shape index (κ3) is 2.69. The average molecular weight is 311 g/mol. The summed E-state index contributed by atoms with van der Waals surface area (Å²) in [5.74, 6) is 6.61. The molecule has 1 aromatic carbocycles. The first kappa shape index (κ1) is 15.3. The summed E-state index contributed by atoms with van der Waals surface area (Å²) in [4.78, 5) is 1.01. The number of hydrogen-bond acceptors (Lipinski definition) is 4. The second-order valence-electron chi connectivity index (χ2n) is 4.89. The van der Waals surface area contributed by atoms with Crippen molar-refractivity contribution in [2.45, 2.75) is 26.8 Å². The molecule has 0 saturated carbocycles. The van der Waals surface area contributed by atoms with Crippen molar-refractivity contribution in [3.8, 4) is 5.75 Å². The summed E-state index contributed by atoms with van der Waals surface area (Å²) in [6.45, 7) is 6.10. The predicted octanol–water partition coefficient (Wildman–Crippen LogP) is 3.89. The molecule has 108 valence electrons. The lowest BCUT2D eigenvalue weighted by molar-refractivity contribution is 0.403. The van der Waals surface area contributed by atoms with Gasteiger partial charge in [0.2, 0.25) is 0 Å². The fourth-order valence-corrected chi connectivity index (χ4v) is 3.78. The fourth-order valence-electron chi connectivity index (χ4n) is 2.41. The number of benzene rings is 1. The van der Waals surface area contributed by atoms with E-state index in [1.165, 1.54) is 0 Å². The van der Waals surface area contributed by atoms with Crippen LogP contribution in [-0.4, -0.2) is 7.11 Å². The Bertz CT molecular complexity index is 625. The number of hydrazine groups is 1. The van der Waals surface area contributed by atoms with E-state index in [0.29, 0.717) is 0 Å². The Hall–Kier alpha value is -1.07. The first-order valence-electron chi connectivity index (χ1n) is 6.34. The lowest BCUT2D eigenvalue weighted by Crippen LogP contribution is -2.29. The van der Waals surface area contributed by atoms with Crippen LogP contribution < -0.4 is 16.0 Å². The lowest BCUT2D eigenvalue weighted by atomic mass is 9.97. The van der Waals surface area contributed by atoms with Crippen molar-refractivity contribution in [3.05, 3.63) is 49.7 Å². The summed E-state index contributed by atoms with van der Waals surface area (Å²) in [5, 5.41) is 2.80. The molecule has 0 fully saturated rings. The number of hydrogen-bond donors (Lipinski definition) is 2. The van der Waals surface area contributed by atoms with Crippen LogP contribution in [0.3, 0.4) is 0 Å². The van der Waals surface area contributed by atoms with E-state index in [1.54, 1.807) is 18.4 Å². The quantitative estimate of drug-likeness (QED) is 0.665. The Labute approximate surface area is 128 Å². The molecule has 1 aromatic heterocycles. The highest BCUT2D eigenvalue weighted by molar-refractivity contribution is 7.10. The molecule has 3 nitrogen and oxygen atoms in total. The Kier molecular flexibility index (Phi) is 4.70. The van der Waals surface area contributed by atoms with E-state index in [1.807, 2.05) is 25.3 Å². The van der Waals surface area contributed by atoms with Crippen molar-refractivity contribution in [2.75, 3.05) is 7.11 Å². The van der Waals surface area contributed by atoms with E-state index in [-0.39, 0.29) is 6.04 Å². The number of rotatable bonds is 4.